The predicted molar refractivity (Wildman–Crippen MR) is 59.6 cm³/mol. The summed E-state index contributed by atoms with van der Waals surface area (Å²) in [5.41, 5.74) is -1.67. The molecular formula is C10H6F2N4O3. The summed E-state index contributed by atoms with van der Waals surface area (Å²) in [5, 5.41) is 18.6. The van der Waals surface area contributed by atoms with Crippen LogP contribution in [0.15, 0.2) is 24.4 Å². The van der Waals surface area contributed by atoms with Crippen molar-refractivity contribution in [3.05, 3.63) is 51.7 Å². The number of anilines is 1. The van der Waals surface area contributed by atoms with Crippen LogP contribution in [0.25, 0.3) is 0 Å². The molecule has 0 radical (unpaired) electrons. The maximum absolute atomic E-state index is 13.5. The summed E-state index contributed by atoms with van der Waals surface area (Å²) in [7, 11) is 0. The molecule has 7 nitrogen and oxygen atoms in total. The van der Waals surface area contributed by atoms with E-state index < -0.39 is 33.7 Å². The molecule has 2 rings (SSSR count). The fraction of sp³-hybridized carbons (Fsp3) is 0. The molecule has 0 aliphatic carbocycles. The van der Waals surface area contributed by atoms with E-state index in [2.05, 4.69) is 15.5 Å². The quantitative estimate of drug-likeness (QED) is 0.655. The summed E-state index contributed by atoms with van der Waals surface area (Å²) >= 11 is 0. The van der Waals surface area contributed by atoms with E-state index in [1.807, 2.05) is 0 Å². The Morgan fingerprint density at radius 2 is 2.11 bits per heavy atom. The molecule has 0 fully saturated rings. The molecule has 2 aromatic rings. The summed E-state index contributed by atoms with van der Waals surface area (Å²) in [5.74, 6) is -3.25. The van der Waals surface area contributed by atoms with E-state index in [0.717, 1.165) is 0 Å². The first kappa shape index (κ1) is 12.6. The van der Waals surface area contributed by atoms with Gasteiger partial charge in [-0.3, -0.25) is 20.0 Å². The predicted octanol–water partition coefficient (Wildman–Crippen LogP) is 1.85. The molecule has 98 valence electrons. The standard InChI is InChI=1S/C10H6F2N4O3/c11-6-4-8(16(18)19)7(12)3-5(6)10(17)14-9-1-2-13-15-9/h1-4H,(H2,13,14,15,17). The number of benzene rings is 1. The van der Waals surface area contributed by atoms with Gasteiger partial charge in [0.2, 0.25) is 5.82 Å². The third-order valence-electron chi connectivity index (χ3n) is 2.23. The fourth-order valence-electron chi connectivity index (χ4n) is 1.37. The largest absolute Gasteiger partial charge is 0.307 e. The van der Waals surface area contributed by atoms with Crippen molar-refractivity contribution in [2.75, 3.05) is 5.32 Å². The summed E-state index contributed by atoms with van der Waals surface area (Å²) in [6.07, 6.45) is 1.35. The number of carbonyl (C=O) groups is 1. The summed E-state index contributed by atoms with van der Waals surface area (Å²) in [6, 6.07) is 2.23. The second-order valence-corrected chi connectivity index (χ2v) is 3.47. The first-order valence-corrected chi connectivity index (χ1v) is 4.93. The van der Waals surface area contributed by atoms with Crippen molar-refractivity contribution in [1.82, 2.24) is 10.2 Å². The number of nitrogens with one attached hydrogen (secondary N) is 2. The highest BCUT2D eigenvalue weighted by Gasteiger charge is 2.22. The highest BCUT2D eigenvalue weighted by Crippen LogP contribution is 2.21. The van der Waals surface area contributed by atoms with Gasteiger partial charge in [-0.25, -0.2) is 4.39 Å². The Bertz CT molecular complexity index is 642. The first-order chi connectivity index (χ1) is 8.99. The lowest BCUT2D eigenvalue weighted by atomic mass is 10.1. The molecule has 1 aromatic heterocycles. The zero-order chi connectivity index (χ0) is 14.0. The molecule has 0 bridgehead atoms. The second-order valence-electron chi connectivity index (χ2n) is 3.47. The number of carbonyl (C=O) groups excluding carboxylic acids is 1. The number of nitrogens with zero attached hydrogens (tertiary/aromatic N) is 2. The molecular weight excluding hydrogens is 262 g/mol. The number of rotatable bonds is 3. The normalized spacial score (nSPS) is 10.2. The van der Waals surface area contributed by atoms with Gasteiger partial charge >= 0.3 is 5.69 Å². The number of hydrogen-bond acceptors (Lipinski definition) is 4. The number of halogens is 2. The number of amides is 1. The number of aromatic nitrogens is 2. The molecule has 19 heavy (non-hydrogen) atoms. The van der Waals surface area contributed by atoms with Crippen LogP contribution in [0, 0.1) is 21.7 Å². The van der Waals surface area contributed by atoms with Crippen molar-refractivity contribution in [2.45, 2.75) is 0 Å². The van der Waals surface area contributed by atoms with Crippen molar-refractivity contribution in [1.29, 1.82) is 0 Å². The highest BCUT2D eigenvalue weighted by molar-refractivity contribution is 6.04. The van der Waals surface area contributed by atoms with E-state index in [4.69, 9.17) is 0 Å². The van der Waals surface area contributed by atoms with E-state index in [9.17, 15) is 23.7 Å². The van der Waals surface area contributed by atoms with Gasteiger partial charge < -0.3 is 5.32 Å². The van der Waals surface area contributed by atoms with Gasteiger partial charge in [-0.15, -0.1) is 0 Å². The molecule has 9 heteroatoms. The second kappa shape index (κ2) is 4.80. The van der Waals surface area contributed by atoms with Crippen LogP contribution in [0.5, 0.6) is 0 Å². The van der Waals surface area contributed by atoms with Gasteiger partial charge in [-0.2, -0.15) is 9.49 Å². The Labute approximate surface area is 104 Å². The molecule has 0 spiro atoms. The van der Waals surface area contributed by atoms with E-state index in [-0.39, 0.29) is 5.82 Å². The van der Waals surface area contributed by atoms with Crippen LogP contribution < -0.4 is 5.32 Å². The van der Waals surface area contributed by atoms with Gasteiger partial charge in [0, 0.05) is 6.07 Å². The van der Waals surface area contributed by atoms with Crippen LogP contribution >= 0.6 is 0 Å². The van der Waals surface area contributed by atoms with Crippen LogP contribution in [-0.2, 0) is 0 Å². The minimum Gasteiger partial charge on any atom is -0.307 e. The lowest BCUT2D eigenvalue weighted by molar-refractivity contribution is -0.387. The smallest absolute Gasteiger partial charge is 0.307 e. The SMILES string of the molecule is O=C(Nc1ccn[nH]1)c1cc(F)c([N+](=O)[O-])cc1F. The van der Waals surface area contributed by atoms with Gasteiger partial charge in [0.1, 0.15) is 11.6 Å². The molecule has 0 atom stereocenters. The minimum absolute atomic E-state index is 0.183. The summed E-state index contributed by atoms with van der Waals surface area (Å²) in [4.78, 5) is 21.0. The van der Waals surface area contributed by atoms with Crippen LogP contribution in [0.2, 0.25) is 0 Å². The third kappa shape index (κ3) is 2.54. The maximum atomic E-state index is 13.5. The topological polar surface area (TPSA) is 101 Å². The van der Waals surface area contributed by atoms with Crippen molar-refractivity contribution in [3.63, 3.8) is 0 Å². The lowest BCUT2D eigenvalue weighted by Gasteiger charge is -2.04. The van der Waals surface area contributed by atoms with Gasteiger partial charge in [-0.05, 0) is 6.07 Å². The first-order valence-electron chi connectivity index (χ1n) is 4.93. The minimum atomic E-state index is -1.29. The Balaban J connectivity index is 2.32. The van der Waals surface area contributed by atoms with E-state index in [1.54, 1.807) is 0 Å². The number of H-pyrrole nitrogens is 1. The van der Waals surface area contributed by atoms with Crippen molar-refractivity contribution in [3.8, 4) is 0 Å². The molecule has 1 heterocycles. The third-order valence-corrected chi connectivity index (χ3v) is 2.23. The van der Waals surface area contributed by atoms with Gasteiger partial charge in [-0.1, -0.05) is 0 Å². The fourth-order valence-corrected chi connectivity index (χ4v) is 1.37. The Hall–Kier alpha value is -2.84. The number of nitro groups is 1. The maximum Gasteiger partial charge on any atom is 0.307 e. The lowest BCUT2D eigenvalue weighted by Crippen LogP contribution is -2.15. The molecule has 2 N–H and O–H groups in total. The van der Waals surface area contributed by atoms with Gasteiger partial charge in [0.15, 0.2) is 0 Å². The van der Waals surface area contributed by atoms with E-state index in [0.29, 0.717) is 12.1 Å². The van der Waals surface area contributed by atoms with Crippen LogP contribution in [0.3, 0.4) is 0 Å². The number of aromatic amines is 1. The molecule has 0 saturated carbocycles. The van der Waals surface area contributed by atoms with E-state index in [1.165, 1.54) is 12.3 Å². The Morgan fingerprint density at radius 3 is 2.68 bits per heavy atom. The Morgan fingerprint density at radius 1 is 1.37 bits per heavy atom. The van der Waals surface area contributed by atoms with Crippen molar-refractivity contribution < 1.29 is 18.5 Å². The van der Waals surface area contributed by atoms with Gasteiger partial charge in [0.25, 0.3) is 5.91 Å². The van der Waals surface area contributed by atoms with Crippen molar-refractivity contribution >= 4 is 17.4 Å². The number of nitro benzene ring substituents is 1. The van der Waals surface area contributed by atoms with Crippen molar-refractivity contribution in [2.24, 2.45) is 0 Å². The summed E-state index contributed by atoms with van der Waals surface area (Å²) < 4.78 is 26.8. The average molecular weight is 268 g/mol. The molecule has 0 aliphatic heterocycles. The zero-order valence-corrected chi connectivity index (χ0v) is 9.18. The molecule has 1 amide bonds. The molecule has 0 unspecified atom stereocenters. The average Bonchev–Trinajstić information content (AvgIpc) is 2.83. The zero-order valence-electron chi connectivity index (χ0n) is 9.18. The highest BCUT2D eigenvalue weighted by atomic mass is 19.1. The van der Waals surface area contributed by atoms with Crippen LogP contribution in [0.4, 0.5) is 20.3 Å². The van der Waals surface area contributed by atoms with E-state index >= 15 is 0 Å². The molecule has 0 aliphatic rings. The van der Waals surface area contributed by atoms with Gasteiger partial charge in [0.05, 0.1) is 22.7 Å². The van der Waals surface area contributed by atoms with Crippen LogP contribution in [-0.4, -0.2) is 21.0 Å². The molecule has 0 saturated heterocycles. The monoisotopic (exact) mass is 268 g/mol. The van der Waals surface area contributed by atoms with Crippen LogP contribution in [0.1, 0.15) is 10.4 Å². The Kier molecular flexibility index (Phi) is 3.19. The number of hydrogen-bond donors (Lipinski definition) is 2. The molecule has 1 aromatic carbocycles. The summed E-state index contributed by atoms with van der Waals surface area (Å²) in [6.45, 7) is 0.